The van der Waals surface area contributed by atoms with Crippen LogP contribution in [0.4, 0.5) is 0 Å². The fraction of sp³-hybridized carbons (Fsp3) is 0.333. The molecule has 0 aliphatic carbocycles. The number of esters is 1. The monoisotopic (exact) mass is 222 g/mol. The normalized spacial score (nSPS) is 9.81. The minimum atomic E-state index is -0.559. The van der Waals surface area contributed by atoms with Gasteiger partial charge in [0.2, 0.25) is 0 Å². The number of hydrogen-bond acceptors (Lipinski definition) is 4. The highest BCUT2D eigenvalue weighted by Crippen LogP contribution is 2.09. The Hall–Kier alpha value is -1.68. The molecule has 4 heteroatoms. The van der Waals surface area contributed by atoms with E-state index in [1.54, 1.807) is 31.2 Å². The predicted octanol–water partition coefficient (Wildman–Crippen LogP) is 1.59. The Labute approximate surface area is 94.2 Å². The van der Waals surface area contributed by atoms with Crippen LogP contribution in [0, 0.1) is 0 Å². The second kappa shape index (κ2) is 6.74. The van der Waals surface area contributed by atoms with Gasteiger partial charge in [-0.05, 0) is 19.1 Å². The third-order valence-electron chi connectivity index (χ3n) is 1.78. The Morgan fingerprint density at radius 2 is 1.88 bits per heavy atom. The zero-order chi connectivity index (χ0) is 11.8. The number of benzene rings is 1. The van der Waals surface area contributed by atoms with Gasteiger partial charge in [0.25, 0.3) is 0 Å². The second-order valence-corrected chi connectivity index (χ2v) is 3.14. The highest BCUT2D eigenvalue weighted by Gasteiger charge is 2.11. The van der Waals surface area contributed by atoms with E-state index >= 15 is 0 Å². The van der Waals surface area contributed by atoms with Crippen LogP contribution in [0.15, 0.2) is 30.3 Å². The molecule has 1 rings (SSSR count). The Kier molecular flexibility index (Phi) is 5.22. The number of hydrogen-bond donors (Lipinski definition) is 0. The smallest absolute Gasteiger partial charge is 0.318 e. The van der Waals surface area contributed by atoms with Crippen LogP contribution in [0.25, 0.3) is 0 Å². The summed E-state index contributed by atoms with van der Waals surface area (Å²) in [6.07, 6.45) is -0.255. The first kappa shape index (κ1) is 12.4. The van der Waals surface area contributed by atoms with E-state index in [1.165, 1.54) is 0 Å². The first-order chi connectivity index (χ1) is 7.72. The lowest BCUT2D eigenvalue weighted by Crippen LogP contribution is -2.17. The molecule has 0 aromatic heterocycles. The number of ketones is 1. The molecule has 0 aliphatic heterocycles. The van der Waals surface area contributed by atoms with Crippen LogP contribution < -0.4 is 4.74 Å². The van der Waals surface area contributed by atoms with Gasteiger partial charge in [-0.1, -0.05) is 18.2 Å². The molecule has 0 spiro atoms. The van der Waals surface area contributed by atoms with E-state index in [1.807, 2.05) is 6.07 Å². The molecule has 1 aromatic carbocycles. The van der Waals surface area contributed by atoms with Crippen molar-refractivity contribution < 1.29 is 19.1 Å². The molecule has 0 unspecified atom stereocenters. The van der Waals surface area contributed by atoms with E-state index < -0.39 is 5.97 Å². The summed E-state index contributed by atoms with van der Waals surface area (Å²) in [5, 5.41) is 0. The van der Waals surface area contributed by atoms with Crippen molar-refractivity contribution in [2.24, 2.45) is 0 Å². The molecular formula is C12H14O4. The first-order valence-corrected chi connectivity index (χ1v) is 5.07. The summed E-state index contributed by atoms with van der Waals surface area (Å²) in [5.41, 5.74) is 0. The zero-order valence-corrected chi connectivity index (χ0v) is 9.14. The van der Waals surface area contributed by atoms with Gasteiger partial charge >= 0.3 is 5.97 Å². The second-order valence-electron chi connectivity index (χ2n) is 3.14. The van der Waals surface area contributed by atoms with Crippen LogP contribution in [-0.4, -0.2) is 25.0 Å². The van der Waals surface area contributed by atoms with Crippen LogP contribution in [0.5, 0.6) is 5.75 Å². The van der Waals surface area contributed by atoms with Crippen LogP contribution in [0.3, 0.4) is 0 Å². The van der Waals surface area contributed by atoms with Crippen molar-refractivity contribution in [1.82, 2.24) is 0 Å². The average molecular weight is 222 g/mol. The molecule has 0 saturated carbocycles. The van der Waals surface area contributed by atoms with Crippen LogP contribution in [0.1, 0.15) is 13.3 Å². The fourth-order valence-electron chi connectivity index (χ4n) is 1.08. The van der Waals surface area contributed by atoms with Crippen molar-refractivity contribution in [2.45, 2.75) is 13.3 Å². The van der Waals surface area contributed by atoms with Gasteiger partial charge in [0.15, 0.2) is 5.78 Å². The van der Waals surface area contributed by atoms with Gasteiger partial charge in [-0.2, -0.15) is 0 Å². The van der Waals surface area contributed by atoms with Gasteiger partial charge in [-0.3, -0.25) is 9.59 Å². The SMILES string of the molecule is CCOCC(=O)CC(=O)Oc1ccccc1. The van der Waals surface area contributed by atoms with Crippen molar-refractivity contribution in [3.8, 4) is 5.75 Å². The minimum Gasteiger partial charge on any atom is -0.426 e. The van der Waals surface area contributed by atoms with Gasteiger partial charge in [0.05, 0.1) is 0 Å². The van der Waals surface area contributed by atoms with Gasteiger partial charge < -0.3 is 9.47 Å². The van der Waals surface area contributed by atoms with Crippen molar-refractivity contribution in [1.29, 1.82) is 0 Å². The highest BCUT2D eigenvalue weighted by molar-refractivity contribution is 5.96. The molecule has 0 heterocycles. The van der Waals surface area contributed by atoms with Gasteiger partial charge in [0.1, 0.15) is 18.8 Å². The number of Topliss-reactive ketones (excluding diaryl/α,β-unsaturated/α-hetero) is 1. The summed E-state index contributed by atoms with van der Waals surface area (Å²) < 4.78 is 9.84. The third kappa shape index (κ3) is 4.70. The number of carbonyl (C=O) groups is 2. The fourth-order valence-corrected chi connectivity index (χ4v) is 1.08. The topological polar surface area (TPSA) is 52.6 Å². The molecule has 0 atom stereocenters. The molecular weight excluding hydrogens is 208 g/mol. The van der Waals surface area contributed by atoms with Gasteiger partial charge in [0, 0.05) is 6.61 Å². The maximum Gasteiger partial charge on any atom is 0.318 e. The molecule has 16 heavy (non-hydrogen) atoms. The van der Waals surface area contributed by atoms with Crippen molar-refractivity contribution in [3.05, 3.63) is 30.3 Å². The maximum absolute atomic E-state index is 11.3. The molecule has 0 bridgehead atoms. The Morgan fingerprint density at radius 3 is 2.50 bits per heavy atom. The van der Waals surface area contributed by atoms with E-state index in [0.29, 0.717) is 12.4 Å². The molecule has 1 aromatic rings. The molecule has 0 aliphatic rings. The van der Waals surface area contributed by atoms with Gasteiger partial charge in [-0.15, -0.1) is 0 Å². The number of carbonyl (C=O) groups excluding carboxylic acids is 2. The number of rotatable bonds is 6. The lowest BCUT2D eigenvalue weighted by Gasteiger charge is -2.03. The molecule has 0 amide bonds. The summed E-state index contributed by atoms with van der Waals surface area (Å²) in [5.74, 6) is -0.393. The minimum absolute atomic E-state index is 0.0413. The molecule has 0 radical (unpaired) electrons. The molecule has 86 valence electrons. The van der Waals surface area contributed by atoms with Crippen LogP contribution in [0.2, 0.25) is 0 Å². The highest BCUT2D eigenvalue weighted by atomic mass is 16.5. The Bertz CT molecular complexity index is 345. The predicted molar refractivity (Wildman–Crippen MR) is 58.2 cm³/mol. The number of para-hydroxylation sites is 1. The summed E-state index contributed by atoms with van der Waals surface area (Å²) >= 11 is 0. The standard InChI is InChI=1S/C12H14O4/c1-2-15-9-10(13)8-12(14)16-11-6-4-3-5-7-11/h3-7H,2,8-9H2,1H3. The Balaban J connectivity index is 2.34. The molecule has 4 nitrogen and oxygen atoms in total. The summed E-state index contributed by atoms with van der Waals surface area (Å²) in [4.78, 5) is 22.5. The van der Waals surface area contributed by atoms with E-state index in [0.717, 1.165) is 0 Å². The third-order valence-corrected chi connectivity index (χ3v) is 1.78. The van der Waals surface area contributed by atoms with Crippen molar-refractivity contribution >= 4 is 11.8 Å². The summed E-state index contributed by atoms with van der Waals surface area (Å²) in [7, 11) is 0. The Morgan fingerprint density at radius 1 is 1.19 bits per heavy atom. The van der Waals surface area contributed by atoms with Gasteiger partial charge in [-0.25, -0.2) is 0 Å². The average Bonchev–Trinajstić information content (AvgIpc) is 2.27. The van der Waals surface area contributed by atoms with Crippen molar-refractivity contribution in [2.75, 3.05) is 13.2 Å². The van der Waals surface area contributed by atoms with Crippen LogP contribution in [-0.2, 0) is 14.3 Å². The molecule has 0 N–H and O–H groups in total. The summed E-state index contributed by atoms with van der Waals surface area (Å²) in [6.45, 7) is 2.20. The molecule has 0 saturated heterocycles. The first-order valence-electron chi connectivity index (χ1n) is 5.07. The zero-order valence-electron chi connectivity index (χ0n) is 9.14. The quantitative estimate of drug-likeness (QED) is 0.416. The lowest BCUT2D eigenvalue weighted by molar-refractivity contribution is -0.139. The van der Waals surface area contributed by atoms with E-state index in [2.05, 4.69) is 0 Å². The van der Waals surface area contributed by atoms with E-state index in [9.17, 15) is 9.59 Å². The van der Waals surface area contributed by atoms with Crippen molar-refractivity contribution in [3.63, 3.8) is 0 Å². The van der Waals surface area contributed by atoms with E-state index in [4.69, 9.17) is 9.47 Å². The van der Waals surface area contributed by atoms with E-state index in [-0.39, 0.29) is 18.8 Å². The largest absolute Gasteiger partial charge is 0.426 e. The molecule has 0 fully saturated rings. The lowest BCUT2D eigenvalue weighted by atomic mass is 10.3. The van der Waals surface area contributed by atoms with Crippen LogP contribution >= 0.6 is 0 Å². The maximum atomic E-state index is 11.3. The summed E-state index contributed by atoms with van der Waals surface area (Å²) in [6, 6.07) is 8.64. The number of ether oxygens (including phenoxy) is 2.